The van der Waals surface area contributed by atoms with Crippen molar-refractivity contribution >= 4 is 5.91 Å². The summed E-state index contributed by atoms with van der Waals surface area (Å²) in [5, 5.41) is 3.27. The molecule has 3 atom stereocenters. The lowest BCUT2D eigenvalue weighted by Crippen LogP contribution is -2.47. The highest BCUT2D eigenvalue weighted by Gasteiger charge is 2.45. The maximum Gasteiger partial charge on any atom is 0.240 e. The smallest absolute Gasteiger partial charge is 0.240 e. The van der Waals surface area contributed by atoms with Crippen LogP contribution in [0.3, 0.4) is 0 Å². The Morgan fingerprint density at radius 1 is 0.776 bits per heavy atom. The van der Waals surface area contributed by atoms with Gasteiger partial charge in [0.15, 0.2) is 0 Å². The van der Waals surface area contributed by atoms with E-state index >= 15 is 0 Å². The Labute approximate surface area is 349 Å². The highest BCUT2D eigenvalue weighted by atomic mass is 16.2. The van der Waals surface area contributed by atoms with Gasteiger partial charge in [-0.05, 0) is 128 Å². The number of hydrogen-bond acceptors (Lipinski definition) is 5. The molecule has 2 spiro atoms. The normalized spacial score (nSPS) is 20.9. The van der Waals surface area contributed by atoms with E-state index in [4.69, 9.17) is 15.7 Å². The molecule has 8 nitrogen and oxygen atoms in total. The van der Waals surface area contributed by atoms with Crippen LogP contribution in [0, 0.1) is 16.7 Å². The molecule has 3 fully saturated rings. The van der Waals surface area contributed by atoms with E-state index in [0.29, 0.717) is 10.8 Å². The first-order chi connectivity index (χ1) is 28.2. The predicted octanol–water partition coefficient (Wildman–Crippen LogP) is 11.2. The summed E-state index contributed by atoms with van der Waals surface area (Å²) in [5.74, 6) is 2.25. The Morgan fingerprint density at radius 2 is 1.26 bits per heavy atom. The Balaban J connectivity index is 0.00000124. The van der Waals surface area contributed by atoms with E-state index in [1.165, 1.54) is 97.6 Å². The van der Waals surface area contributed by atoms with Crippen LogP contribution in [0.25, 0.3) is 33.6 Å². The van der Waals surface area contributed by atoms with E-state index in [2.05, 4.69) is 65.2 Å². The molecule has 3 unspecified atom stereocenters. The third-order valence-electron chi connectivity index (χ3n) is 14.5. The molecule has 1 saturated heterocycles. The summed E-state index contributed by atoms with van der Waals surface area (Å²) in [4.78, 5) is 33.0. The zero-order chi connectivity index (χ0) is 41.2. The van der Waals surface area contributed by atoms with Gasteiger partial charge >= 0.3 is 0 Å². The van der Waals surface area contributed by atoms with E-state index in [-0.39, 0.29) is 30.0 Å². The first-order valence-electron chi connectivity index (χ1n) is 23.4. The van der Waals surface area contributed by atoms with Gasteiger partial charge in [-0.15, -0.1) is 0 Å². The second-order valence-corrected chi connectivity index (χ2v) is 18.3. The summed E-state index contributed by atoms with van der Waals surface area (Å²) < 4.78 is 0. The lowest BCUT2D eigenvalue weighted by atomic mass is 9.82. The fraction of sp³-hybridized carbons (Fsp3) is 0.620. The number of aromatic amines is 2. The Kier molecular flexibility index (Phi) is 13.0. The summed E-state index contributed by atoms with van der Waals surface area (Å²) in [7, 11) is 1.90. The number of benzene rings is 2. The number of nitrogens with zero attached hydrogens (tertiary/aromatic N) is 3. The molecule has 314 valence electrons. The second-order valence-electron chi connectivity index (χ2n) is 18.3. The quantitative estimate of drug-likeness (QED) is 0.128. The number of hydrogen-bond donors (Lipinski definition) is 4. The van der Waals surface area contributed by atoms with Gasteiger partial charge in [0.05, 0.1) is 41.9 Å². The van der Waals surface area contributed by atoms with Gasteiger partial charge in [-0.2, -0.15) is 0 Å². The first kappa shape index (κ1) is 42.4. The molecule has 5 aliphatic rings. The number of carbonyl (C=O) groups excluding carboxylic acids is 1. The van der Waals surface area contributed by atoms with Crippen molar-refractivity contribution in [3.63, 3.8) is 0 Å². The fourth-order valence-electron chi connectivity index (χ4n) is 11.8. The van der Waals surface area contributed by atoms with Gasteiger partial charge in [0.1, 0.15) is 11.6 Å². The average Bonchev–Trinajstić information content (AvgIpc) is 4.09. The van der Waals surface area contributed by atoms with Crippen LogP contribution in [0.5, 0.6) is 0 Å². The van der Waals surface area contributed by atoms with Crippen molar-refractivity contribution in [1.29, 1.82) is 0 Å². The number of imidazole rings is 2. The molecule has 2 aromatic heterocycles. The minimum Gasteiger partial charge on any atom is -0.341 e. The monoisotopic (exact) mass is 788 g/mol. The highest BCUT2D eigenvalue weighted by molar-refractivity contribution is 5.84. The van der Waals surface area contributed by atoms with Crippen molar-refractivity contribution in [2.24, 2.45) is 22.5 Å². The molecular formula is C50H73N7O. The number of H-pyrrole nitrogens is 2. The Hall–Kier alpha value is -3.75. The molecule has 1 amide bonds. The molecule has 4 aromatic rings. The van der Waals surface area contributed by atoms with Crippen molar-refractivity contribution in [3.05, 3.63) is 70.6 Å². The molecule has 0 radical (unpaired) electrons. The average molecular weight is 788 g/mol. The number of nitrogens with one attached hydrogen (secondary N) is 3. The van der Waals surface area contributed by atoms with E-state index in [0.717, 1.165) is 68.1 Å². The zero-order valence-electron chi connectivity index (χ0n) is 37.1. The van der Waals surface area contributed by atoms with Crippen molar-refractivity contribution in [2.45, 2.75) is 169 Å². The van der Waals surface area contributed by atoms with E-state index in [1.807, 2.05) is 47.1 Å². The predicted molar refractivity (Wildman–Crippen MR) is 240 cm³/mol. The van der Waals surface area contributed by atoms with Crippen molar-refractivity contribution < 1.29 is 4.79 Å². The molecule has 0 bridgehead atoms. The third kappa shape index (κ3) is 7.73. The molecule has 58 heavy (non-hydrogen) atoms. The number of carbonyl (C=O) groups is 1. The van der Waals surface area contributed by atoms with Crippen LogP contribution in [-0.2, 0) is 30.5 Å². The Morgan fingerprint density at radius 3 is 1.76 bits per heavy atom. The van der Waals surface area contributed by atoms with Crippen LogP contribution in [0.4, 0.5) is 0 Å². The van der Waals surface area contributed by atoms with Crippen LogP contribution in [0.2, 0.25) is 0 Å². The number of likely N-dealkylation sites (N-methyl/N-ethyl adjacent to an activating group) is 1. The first-order valence-corrected chi connectivity index (χ1v) is 23.4. The molecule has 2 aromatic carbocycles. The van der Waals surface area contributed by atoms with Gasteiger partial charge in [0, 0.05) is 17.7 Å². The maximum absolute atomic E-state index is 13.7. The number of nitrogens with two attached hydrogens (primary N) is 1. The molecule has 5 N–H and O–H groups in total. The van der Waals surface area contributed by atoms with Gasteiger partial charge in [0.25, 0.3) is 0 Å². The molecule has 4 aliphatic carbocycles. The molecule has 8 heteroatoms. The van der Waals surface area contributed by atoms with E-state index < -0.39 is 0 Å². The minimum atomic E-state index is -0.182. The molecule has 9 rings (SSSR count). The Bertz CT molecular complexity index is 2030. The van der Waals surface area contributed by atoms with Gasteiger partial charge in [-0.25, -0.2) is 9.97 Å². The van der Waals surface area contributed by atoms with Gasteiger partial charge in [-0.1, -0.05) is 105 Å². The third-order valence-corrected chi connectivity index (χ3v) is 14.5. The van der Waals surface area contributed by atoms with Gasteiger partial charge in [-0.3, -0.25) is 4.79 Å². The van der Waals surface area contributed by atoms with E-state index in [1.54, 1.807) is 11.1 Å². The minimum absolute atomic E-state index is 0.00769. The number of likely N-dealkylation sites (tertiary alicyclic amines) is 1. The van der Waals surface area contributed by atoms with Crippen LogP contribution < -0.4 is 11.1 Å². The van der Waals surface area contributed by atoms with Crippen LogP contribution in [0.1, 0.15) is 172 Å². The van der Waals surface area contributed by atoms with Crippen molar-refractivity contribution in [1.82, 2.24) is 30.2 Å². The lowest BCUT2D eigenvalue weighted by Gasteiger charge is -2.29. The largest absolute Gasteiger partial charge is 0.341 e. The fourth-order valence-corrected chi connectivity index (χ4v) is 11.8. The standard InChI is InChI=1S/C46H61N7O.2C2H6/c1-5-11-37(47)42-49-26-38(51-42)31-15-13-29(33-22-45(24-35(31)33)17-6-7-18-45)30-14-16-32(36-25-46(23-34(30)36)19-8-9-20-46)39-27-50-43(52-39)40-12-10-21-53(40)44(54)41(48-4)28(2)3;2*1-2/h13-16,26-28,37,40-41,48H,5-12,17-25,47H2,1-4H3,(H,49,51)(H,50,52);2*1-2H3. The van der Waals surface area contributed by atoms with Crippen LogP contribution in [0.15, 0.2) is 36.7 Å². The van der Waals surface area contributed by atoms with Crippen molar-refractivity contribution in [3.8, 4) is 33.6 Å². The van der Waals surface area contributed by atoms with Crippen LogP contribution >= 0.6 is 0 Å². The number of amides is 1. The molecular weight excluding hydrogens is 715 g/mol. The summed E-state index contributed by atoms with van der Waals surface area (Å²) in [5.41, 5.74) is 21.2. The number of fused-ring (bicyclic) bond motifs is 2. The van der Waals surface area contributed by atoms with Crippen LogP contribution in [-0.4, -0.2) is 50.4 Å². The summed E-state index contributed by atoms with van der Waals surface area (Å²) in [6.45, 7) is 15.2. The SMILES string of the molecule is CC.CC.CCCC(N)c1ncc(-c2ccc(-c3ccc(-c4cnc(C5CCCN5C(=O)C(NC)C(C)C)[nH]4)c4c3CC3(CCCC3)C4)c3c2CC2(CCCC2)C3)[nH]1. The lowest BCUT2D eigenvalue weighted by molar-refractivity contribution is -0.135. The van der Waals surface area contributed by atoms with Gasteiger partial charge < -0.3 is 25.9 Å². The number of aromatic nitrogens is 4. The topological polar surface area (TPSA) is 116 Å². The second kappa shape index (κ2) is 17.8. The summed E-state index contributed by atoms with van der Waals surface area (Å²) in [6, 6.07) is 9.43. The molecule has 2 saturated carbocycles. The zero-order valence-corrected chi connectivity index (χ0v) is 37.1. The highest BCUT2D eigenvalue weighted by Crippen LogP contribution is 2.56. The summed E-state index contributed by atoms with van der Waals surface area (Å²) in [6.07, 6.45) is 23.3. The van der Waals surface area contributed by atoms with Crippen molar-refractivity contribution in [2.75, 3.05) is 13.6 Å². The van der Waals surface area contributed by atoms with Gasteiger partial charge in [0.2, 0.25) is 5.91 Å². The maximum atomic E-state index is 13.7. The number of rotatable bonds is 10. The van der Waals surface area contributed by atoms with E-state index in [9.17, 15) is 4.79 Å². The summed E-state index contributed by atoms with van der Waals surface area (Å²) >= 11 is 0. The molecule has 1 aliphatic heterocycles. The molecule has 3 heterocycles.